The highest BCUT2D eigenvalue weighted by molar-refractivity contribution is 5.24. The lowest BCUT2D eigenvalue weighted by Crippen LogP contribution is -2.27. The first kappa shape index (κ1) is 16.6. The van der Waals surface area contributed by atoms with Gasteiger partial charge in [-0.2, -0.15) is 4.98 Å². The van der Waals surface area contributed by atoms with Gasteiger partial charge in [0.25, 0.3) is 0 Å². The molecule has 0 aliphatic carbocycles. The number of hydrogen-bond donors (Lipinski definition) is 0. The van der Waals surface area contributed by atoms with Crippen molar-refractivity contribution in [3.63, 3.8) is 0 Å². The van der Waals surface area contributed by atoms with Gasteiger partial charge < -0.3 is 9.09 Å². The molecule has 3 aromatic rings. The Balaban J connectivity index is 1.33. The molecule has 2 fully saturated rings. The van der Waals surface area contributed by atoms with Gasteiger partial charge in [-0.05, 0) is 31.4 Å². The van der Waals surface area contributed by atoms with Crippen LogP contribution in [-0.2, 0) is 19.9 Å². The van der Waals surface area contributed by atoms with Crippen LogP contribution in [0.3, 0.4) is 0 Å². The van der Waals surface area contributed by atoms with Gasteiger partial charge in [0, 0.05) is 37.9 Å². The van der Waals surface area contributed by atoms with Gasteiger partial charge in [0.1, 0.15) is 12.2 Å². The predicted octanol–water partition coefficient (Wildman–Crippen LogP) is 2.68. The van der Waals surface area contributed by atoms with Crippen molar-refractivity contribution >= 4 is 0 Å². The quantitative estimate of drug-likeness (QED) is 0.693. The summed E-state index contributed by atoms with van der Waals surface area (Å²) in [6.07, 6.45) is 6.70. The lowest BCUT2D eigenvalue weighted by molar-refractivity contribution is 0.243. The molecule has 7 nitrogen and oxygen atoms in total. The summed E-state index contributed by atoms with van der Waals surface area (Å²) >= 11 is 0. The lowest BCUT2D eigenvalue weighted by atomic mass is 9.94. The van der Waals surface area contributed by atoms with E-state index in [2.05, 4.69) is 50.6 Å². The molecule has 2 saturated heterocycles. The Morgan fingerprint density at radius 1 is 1.19 bits per heavy atom. The van der Waals surface area contributed by atoms with E-state index in [-0.39, 0.29) is 0 Å². The van der Waals surface area contributed by atoms with Crippen LogP contribution in [0.4, 0.5) is 0 Å². The lowest BCUT2D eigenvalue weighted by Gasteiger charge is -2.24. The third-order valence-electron chi connectivity index (χ3n) is 6.05. The van der Waals surface area contributed by atoms with Crippen LogP contribution < -0.4 is 0 Å². The fourth-order valence-corrected chi connectivity index (χ4v) is 4.72. The van der Waals surface area contributed by atoms with Crippen LogP contribution in [-0.4, -0.2) is 42.4 Å². The van der Waals surface area contributed by atoms with Crippen molar-refractivity contribution in [1.29, 1.82) is 0 Å². The summed E-state index contributed by atoms with van der Waals surface area (Å²) in [5.74, 6) is 2.85. The number of benzene rings is 1. The van der Waals surface area contributed by atoms with E-state index in [1.54, 1.807) is 6.33 Å². The molecular formula is C20H24N6O. The number of hydrogen-bond acceptors (Lipinski definition) is 6. The Morgan fingerprint density at radius 2 is 2.07 bits per heavy atom. The summed E-state index contributed by atoms with van der Waals surface area (Å²) in [4.78, 5) is 7.40. The smallest absolute Gasteiger partial charge is 0.227 e. The maximum Gasteiger partial charge on any atom is 0.227 e. The van der Waals surface area contributed by atoms with Crippen LogP contribution in [0.2, 0.25) is 0 Å². The van der Waals surface area contributed by atoms with Crippen molar-refractivity contribution in [2.75, 3.05) is 6.54 Å². The van der Waals surface area contributed by atoms with Gasteiger partial charge in [0.05, 0.1) is 0 Å². The summed E-state index contributed by atoms with van der Waals surface area (Å²) in [5, 5.41) is 12.4. The molecule has 2 aliphatic rings. The second-order valence-electron chi connectivity index (χ2n) is 7.62. The highest BCUT2D eigenvalue weighted by Gasteiger charge is 2.46. The van der Waals surface area contributed by atoms with Gasteiger partial charge in [-0.25, -0.2) is 0 Å². The van der Waals surface area contributed by atoms with Crippen molar-refractivity contribution in [3.8, 4) is 0 Å². The van der Waals surface area contributed by atoms with E-state index in [1.165, 1.54) is 18.4 Å². The van der Waals surface area contributed by atoms with E-state index in [9.17, 15) is 0 Å². The van der Waals surface area contributed by atoms with Crippen molar-refractivity contribution in [2.24, 2.45) is 7.05 Å². The third kappa shape index (κ3) is 3.06. The Bertz CT molecular complexity index is 904. The van der Waals surface area contributed by atoms with E-state index in [4.69, 9.17) is 9.51 Å². The van der Waals surface area contributed by atoms with E-state index >= 15 is 0 Å². The molecule has 140 valence electrons. The second kappa shape index (κ2) is 6.88. The van der Waals surface area contributed by atoms with Crippen LogP contribution in [0.1, 0.15) is 54.3 Å². The van der Waals surface area contributed by atoms with Crippen molar-refractivity contribution in [1.82, 2.24) is 29.8 Å². The Kier molecular flexibility index (Phi) is 4.24. The monoisotopic (exact) mass is 364 g/mol. The average Bonchev–Trinajstić information content (AvgIpc) is 3.45. The average molecular weight is 364 g/mol. The minimum absolute atomic E-state index is 0.352. The molecule has 4 heterocycles. The zero-order chi connectivity index (χ0) is 18.2. The number of nitrogens with zero attached hydrogens (tertiary/aromatic N) is 6. The van der Waals surface area contributed by atoms with Crippen LogP contribution in [0, 0.1) is 0 Å². The summed E-state index contributed by atoms with van der Waals surface area (Å²) in [5.41, 5.74) is 1.40. The first-order valence-corrected chi connectivity index (χ1v) is 9.75. The molecular weight excluding hydrogens is 340 g/mol. The van der Waals surface area contributed by atoms with Crippen LogP contribution >= 0.6 is 0 Å². The van der Waals surface area contributed by atoms with Crippen LogP contribution in [0.15, 0.2) is 41.2 Å². The van der Waals surface area contributed by atoms with Crippen molar-refractivity contribution < 1.29 is 4.52 Å². The fraction of sp³-hybridized carbons (Fsp3) is 0.500. The topological polar surface area (TPSA) is 72.9 Å². The Labute approximate surface area is 158 Å². The van der Waals surface area contributed by atoms with Gasteiger partial charge in [-0.3, -0.25) is 4.90 Å². The molecule has 0 unspecified atom stereocenters. The second-order valence-corrected chi connectivity index (χ2v) is 7.62. The van der Waals surface area contributed by atoms with Crippen molar-refractivity contribution in [3.05, 3.63) is 59.8 Å². The van der Waals surface area contributed by atoms with Gasteiger partial charge >= 0.3 is 0 Å². The SMILES string of the molecule is Cn1cnnc1CCc1nc([C@@H]2C[C@H](c3ccccc3)N3CCC[C@@H]23)no1. The highest BCUT2D eigenvalue weighted by atomic mass is 16.5. The van der Waals surface area contributed by atoms with Gasteiger partial charge in [0.15, 0.2) is 5.82 Å². The molecule has 0 bridgehead atoms. The van der Waals surface area contributed by atoms with E-state index in [1.807, 2.05) is 11.6 Å². The molecule has 0 N–H and O–H groups in total. The minimum Gasteiger partial charge on any atom is -0.339 e. The summed E-state index contributed by atoms with van der Waals surface area (Å²) < 4.78 is 7.49. The first-order chi connectivity index (χ1) is 13.3. The summed E-state index contributed by atoms with van der Waals surface area (Å²) in [6.45, 7) is 1.16. The Morgan fingerprint density at radius 3 is 2.89 bits per heavy atom. The molecule has 0 saturated carbocycles. The standard InChI is InChI=1S/C20H24N6O/c1-25-13-21-23-18(25)9-10-19-22-20(24-27-19)15-12-17(14-6-3-2-4-7-14)26-11-5-8-16(15)26/h2-4,6-7,13,15-17H,5,8-12H2,1H3/t15-,16+,17-/m1/s1. The minimum atomic E-state index is 0.352. The summed E-state index contributed by atoms with van der Waals surface area (Å²) in [6, 6.07) is 11.8. The molecule has 0 radical (unpaired) electrons. The zero-order valence-electron chi connectivity index (χ0n) is 15.5. The van der Waals surface area contributed by atoms with Crippen LogP contribution in [0.25, 0.3) is 0 Å². The molecule has 1 aromatic carbocycles. The normalized spacial score (nSPS) is 25.1. The first-order valence-electron chi connectivity index (χ1n) is 9.75. The van der Waals surface area contributed by atoms with Gasteiger partial charge in [-0.15, -0.1) is 10.2 Å². The molecule has 7 heteroatoms. The maximum absolute atomic E-state index is 5.57. The number of fused-ring (bicyclic) bond motifs is 1. The molecule has 2 aliphatic heterocycles. The molecule has 0 amide bonds. The molecule has 0 spiro atoms. The molecule has 5 rings (SSSR count). The fourth-order valence-electron chi connectivity index (χ4n) is 4.72. The van der Waals surface area contributed by atoms with Gasteiger partial charge in [0.2, 0.25) is 5.89 Å². The van der Waals surface area contributed by atoms with E-state index < -0.39 is 0 Å². The largest absolute Gasteiger partial charge is 0.339 e. The predicted molar refractivity (Wildman–Crippen MR) is 99.0 cm³/mol. The Hall–Kier alpha value is -2.54. The molecule has 3 atom stereocenters. The summed E-state index contributed by atoms with van der Waals surface area (Å²) in [7, 11) is 1.95. The van der Waals surface area contributed by atoms with Crippen LogP contribution in [0.5, 0.6) is 0 Å². The zero-order valence-corrected chi connectivity index (χ0v) is 15.5. The number of aryl methyl sites for hydroxylation is 3. The maximum atomic E-state index is 5.57. The number of rotatable bonds is 5. The van der Waals surface area contributed by atoms with Crippen molar-refractivity contribution in [2.45, 2.75) is 50.1 Å². The molecule has 2 aromatic heterocycles. The van der Waals surface area contributed by atoms with E-state index in [0.29, 0.717) is 30.3 Å². The molecule has 27 heavy (non-hydrogen) atoms. The highest BCUT2D eigenvalue weighted by Crippen LogP contribution is 2.48. The van der Waals surface area contributed by atoms with Gasteiger partial charge in [-0.1, -0.05) is 35.5 Å². The third-order valence-corrected chi connectivity index (χ3v) is 6.05. The van der Waals surface area contributed by atoms with E-state index in [0.717, 1.165) is 31.0 Å². The number of aromatic nitrogens is 5.